The van der Waals surface area contributed by atoms with E-state index in [4.69, 9.17) is 0 Å². The molecule has 1 saturated heterocycles. The molecule has 0 radical (unpaired) electrons. The van der Waals surface area contributed by atoms with E-state index in [1.807, 2.05) is 6.92 Å². The topological polar surface area (TPSA) is 20.1 Å². The third-order valence-corrected chi connectivity index (χ3v) is 1.04. The van der Waals surface area contributed by atoms with Crippen LogP contribution in [0.15, 0.2) is 0 Å². The standard InChI is InChI=1S/C4H7NO/c1-4-2-5(4)3-6/h3-4H,2H2,1H3/t4-,5?/m1/s1. The normalized spacial score (nSPS) is 30.2. The largest absolute Gasteiger partial charge is 0.339 e. The van der Waals surface area contributed by atoms with E-state index in [9.17, 15) is 4.79 Å². The maximum atomic E-state index is 9.70. The van der Waals surface area contributed by atoms with Crippen LogP contribution < -0.4 is 0 Å². The van der Waals surface area contributed by atoms with Gasteiger partial charge in [0.2, 0.25) is 6.41 Å². The first-order valence-corrected chi connectivity index (χ1v) is 2.05. The summed E-state index contributed by atoms with van der Waals surface area (Å²) in [7, 11) is 0. The van der Waals surface area contributed by atoms with Crippen molar-refractivity contribution in [3.63, 3.8) is 0 Å². The Morgan fingerprint density at radius 1 is 2.00 bits per heavy atom. The number of amides is 1. The maximum Gasteiger partial charge on any atom is 0.210 e. The van der Waals surface area contributed by atoms with Crippen LogP contribution >= 0.6 is 0 Å². The molecular weight excluding hydrogens is 78.0 g/mol. The van der Waals surface area contributed by atoms with Crippen LogP contribution in [0.1, 0.15) is 6.92 Å². The van der Waals surface area contributed by atoms with Gasteiger partial charge in [0.1, 0.15) is 0 Å². The number of rotatable bonds is 1. The lowest BCUT2D eigenvalue weighted by Crippen LogP contribution is -1.91. The molecule has 2 nitrogen and oxygen atoms in total. The molecule has 0 spiro atoms. The van der Waals surface area contributed by atoms with Gasteiger partial charge in [0.25, 0.3) is 0 Å². The number of hydrogen-bond donors (Lipinski definition) is 0. The zero-order valence-corrected chi connectivity index (χ0v) is 3.72. The predicted molar refractivity (Wildman–Crippen MR) is 22.2 cm³/mol. The van der Waals surface area contributed by atoms with Crippen molar-refractivity contribution in [2.24, 2.45) is 0 Å². The molecule has 1 fully saturated rings. The van der Waals surface area contributed by atoms with Crippen molar-refractivity contribution in [3.05, 3.63) is 0 Å². The van der Waals surface area contributed by atoms with Gasteiger partial charge in [-0.15, -0.1) is 0 Å². The number of carbonyl (C=O) groups is 1. The van der Waals surface area contributed by atoms with Gasteiger partial charge < -0.3 is 4.90 Å². The first kappa shape index (κ1) is 3.65. The lowest BCUT2D eigenvalue weighted by molar-refractivity contribution is -0.113. The molecule has 0 aromatic carbocycles. The molecule has 1 rings (SSSR count). The van der Waals surface area contributed by atoms with Crippen LogP contribution in [0.25, 0.3) is 0 Å². The molecule has 2 heteroatoms. The van der Waals surface area contributed by atoms with Crippen molar-refractivity contribution < 1.29 is 4.79 Å². The highest BCUT2D eigenvalue weighted by Crippen LogP contribution is 2.10. The molecular formula is C4H7NO. The molecule has 1 aliphatic heterocycles. The summed E-state index contributed by atoms with van der Waals surface area (Å²) in [6.07, 6.45) is 0.880. The second-order valence-electron chi connectivity index (χ2n) is 1.65. The minimum Gasteiger partial charge on any atom is -0.339 e. The highest BCUT2D eigenvalue weighted by atomic mass is 16.1. The van der Waals surface area contributed by atoms with Crippen molar-refractivity contribution in [2.45, 2.75) is 13.0 Å². The minimum absolute atomic E-state index is 0.530. The van der Waals surface area contributed by atoms with Crippen molar-refractivity contribution in [1.29, 1.82) is 0 Å². The second-order valence-corrected chi connectivity index (χ2v) is 1.65. The fraction of sp³-hybridized carbons (Fsp3) is 0.750. The Hall–Kier alpha value is -0.530. The molecule has 0 unspecified atom stereocenters. The monoisotopic (exact) mass is 85.1 g/mol. The van der Waals surface area contributed by atoms with Gasteiger partial charge in [0.15, 0.2) is 0 Å². The van der Waals surface area contributed by atoms with Crippen molar-refractivity contribution in [3.8, 4) is 0 Å². The lowest BCUT2D eigenvalue weighted by Gasteiger charge is -1.78. The number of hydrogen-bond acceptors (Lipinski definition) is 1. The van der Waals surface area contributed by atoms with Gasteiger partial charge in [-0.2, -0.15) is 0 Å². The number of carbonyl (C=O) groups excluding carboxylic acids is 1. The fourth-order valence-corrected chi connectivity index (χ4v) is 0.405. The van der Waals surface area contributed by atoms with Crippen LogP contribution in [0.3, 0.4) is 0 Å². The van der Waals surface area contributed by atoms with Crippen LogP contribution in [0.2, 0.25) is 0 Å². The zero-order valence-electron chi connectivity index (χ0n) is 3.72. The second kappa shape index (κ2) is 0.965. The molecule has 6 heavy (non-hydrogen) atoms. The van der Waals surface area contributed by atoms with Crippen LogP contribution in [0.5, 0.6) is 0 Å². The summed E-state index contributed by atoms with van der Waals surface area (Å²) in [5, 5.41) is 0. The summed E-state index contributed by atoms with van der Waals surface area (Å²) < 4.78 is 0. The van der Waals surface area contributed by atoms with E-state index < -0.39 is 0 Å². The molecule has 0 bridgehead atoms. The molecule has 1 atom stereocenters. The summed E-state index contributed by atoms with van der Waals surface area (Å²) in [5.74, 6) is 0. The molecule has 0 N–H and O–H groups in total. The van der Waals surface area contributed by atoms with Gasteiger partial charge >= 0.3 is 0 Å². The van der Waals surface area contributed by atoms with E-state index in [0.29, 0.717) is 6.04 Å². The van der Waals surface area contributed by atoms with E-state index in [-0.39, 0.29) is 0 Å². The number of nitrogens with zero attached hydrogens (tertiary/aromatic N) is 1. The van der Waals surface area contributed by atoms with Crippen molar-refractivity contribution >= 4 is 6.41 Å². The summed E-state index contributed by atoms with van der Waals surface area (Å²) in [4.78, 5) is 11.4. The Morgan fingerprint density at radius 2 is 2.50 bits per heavy atom. The lowest BCUT2D eigenvalue weighted by atomic mass is 10.6. The average molecular weight is 85.1 g/mol. The molecule has 1 heterocycles. The van der Waals surface area contributed by atoms with Gasteiger partial charge in [-0.1, -0.05) is 0 Å². The van der Waals surface area contributed by atoms with Crippen LogP contribution in [0, 0.1) is 0 Å². The summed E-state index contributed by atoms with van der Waals surface area (Å²) in [6.45, 7) is 2.98. The predicted octanol–water partition coefficient (Wildman–Crippen LogP) is -0.153. The van der Waals surface area contributed by atoms with Crippen LogP contribution in [0.4, 0.5) is 0 Å². The van der Waals surface area contributed by atoms with E-state index in [2.05, 4.69) is 0 Å². The first-order valence-electron chi connectivity index (χ1n) is 2.05. The SMILES string of the molecule is C[C@@H]1CN1C=O. The van der Waals surface area contributed by atoms with Gasteiger partial charge in [0.05, 0.1) is 0 Å². The zero-order chi connectivity index (χ0) is 4.57. The molecule has 0 aromatic heterocycles. The van der Waals surface area contributed by atoms with Gasteiger partial charge in [-0.25, -0.2) is 0 Å². The summed E-state index contributed by atoms with van der Waals surface area (Å²) in [5.41, 5.74) is 0. The third kappa shape index (κ3) is 0.379. The van der Waals surface area contributed by atoms with E-state index in [1.54, 1.807) is 4.90 Å². The fourth-order valence-electron chi connectivity index (χ4n) is 0.405. The van der Waals surface area contributed by atoms with Crippen LogP contribution in [-0.2, 0) is 4.79 Å². The van der Waals surface area contributed by atoms with E-state index in [0.717, 1.165) is 13.0 Å². The summed E-state index contributed by atoms with van der Waals surface area (Å²) in [6, 6.07) is 0.530. The highest BCUT2D eigenvalue weighted by Gasteiger charge is 2.25. The van der Waals surface area contributed by atoms with Gasteiger partial charge in [-0.05, 0) is 6.92 Å². The van der Waals surface area contributed by atoms with Crippen molar-refractivity contribution in [1.82, 2.24) is 4.90 Å². The minimum atomic E-state index is 0.530. The highest BCUT2D eigenvalue weighted by molar-refractivity contribution is 5.51. The molecule has 0 saturated carbocycles. The Labute approximate surface area is 36.7 Å². The molecule has 0 aliphatic carbocycles. The molecule has 34 valence electrons. The molecule has 1 aliphatic rings. The summed E-state index contributed by atoms with van der Waals surface area (Å²) >= 11 is 0. The van der Waals surface area contributed by atoms with Gasteiger partial charge in [-0.3, -0.25) is 4.79 Å². The Kier molecular flexibility index (Phi) is 0.587. The Morgan fingerprint density at radius 3 is 2.50 bits per heavy atom. The van der Waals surface area contributed by atoms with E-state index in [1.165, 1.54) is 0 Å². The van der Waals surface area contributed by atoms with Gasteiger partial charge in [0, 0.05) is 12.6 Å². The molecule has 0 aromatic rings. The van der Waals surface area contributed by atoms with Crippen LogP contribution in [-0.4, -0.2) is 23.9 Å². The maximum absolute atomic E-state index is 9.70. The first-order chi connectivity index (χ1) is 2.84. The van der Waals surface area contributed by atoms with Crippen molar-refractivity contribution in [2.75, 3.05) is 6.54 Å². The quantitative estimate of drug-likeness (QED) is 0.320. The molecule has 1 amide bonds. The van der Waals surface area contributed by atoms with E-state index >= 15 is 0 Å². The third-order valence-electron chi connectivity index (χ3n) is 1.04. The Bertz CT molecular complexity index is 71.9. The Balaban J connectivity index is 2.25. The average Bonchev–Trinajstić information content (AvgIpc) is 2.19. The smallest absolute Gasteiger partial charge is 0.210 e.